The van der Waals surface area contributed by atoms with Gasteiger partial charge in [-0.1, -0.05) is 32.0 Å². The van der Waals surface area contributed by atoms with E-state index in [1.165, 1.54) is 0 Å². The Morgan fingerprint density at radius 2 is 1.60 bits per heavy atom. The van der Waals surface area contributed by atoms with Crippen molar-refractivity contribution in [1.29, 1.82) is 0 Å². The predicted octanol–water partition coefficient (Wildman–Crippen LogP) is 5.23. The highest BCUT2D eigenvalue weighted by molar-refractivity contribution is 5.47. The summed E-state index contributed by atoms with van der Waals surface area (Å²) in [5.41, 5.74) is 3.45. The number of hydrogen-bond acceptors (Lipinski definition) is 2. The highest BCUT2D eigenvalue weighted by Gasteiger charge is 2.11. The van der Waals surface area contributed by atoms with E-state index in [4.69, 9.17) is 9.47 Å². The second-order valence-corrected chi connectivity index (χ2v) is 5.38. The number of benzene rings is 2. The number of ether oxygens (including phenoxy) is 2. The molecule has 0 atom stereocenters. The van der Waals surface area contributed by atoms with Gasteiger partial charge in [-0.05, 0) is 49.1 Å². The Kier molecular flexibility index (Phi) is 4.33. The van der Waals surface area contributed by atoms with Crippen molar-refractivity contribution in [3.05, 3.63) is 53.1 Å². The van der Waals surface area contributed by atoms with E-state index in [-0.39, 0.29) is 0 Å². The molecule has 0 fully saturated rings. The molecule has 20 heavy (non-hydrogen) atoms. The molecule has 0 aliphatic carbocycles. The zero-order valence-electron chi connectivity index (χ0n) is 12.9. The van der Waals surface area contributed by atoms with Crippen LogP contribution in [0.15, 0.2) is 36.4 Å². The van der Waals surface area contributed by atoms with Crippen molar-refractivity contribution in [2.24, 2.45) is 0 Å². The van der Waals surface area contributed by atoms with Crippen LogP contribution in [-0.4, -0.2) is 7.11 Å². The lowest BCUT2D eigenvalue weighted by Gasteiger charge is -2.16. The molecule has 0 heterocycles. The highest BCUT2D eigenvalue weighted by Crippen LogP contribution is 2.34. The zero-order chi connectivity index (χ0) is 14.7. The fourth-order valence-electron chi connectivity index (χ4n) is 2.31. The van der Waals surface area contributed by atoms with E-state index >= 15 is 0 Å². The van der Waals surface area contributed by atoms with Crippen LogP contribution in [0.25, 0.3) is 0 Å². The quantitative estimate of drug-likeness (QED) is 0.757. The first-order chi connectivity index (χ1) is 9.52. The normalized spacial score (nSPS) is 10.7. The first-order valence-electron chi connectivity index (χ1n) is 6.95. The molecule has 0 saturated carbocycles. The Morgan fingerprint density at radius 3 is 2.15 bits per heavy atom. The Morgan fingerprint density at radius 1 is 0.950 bits per heavy atom. The number of para-hydroxylation sites is 1. The fourth-order valence-corrected chi connectivity index (χ4v) is 2.31. The second kappa shape index (κ2) is 6.00. The lowest BCUT2D eigenvalue weighted by atomic mass is 10.0. The topological polar surface area (TPSA) is 18.5 Å². The van der Waals surface area contributed by atoms with Gasteiger partial charge >= 0.3 is 0 Å². The van der Waals surface area contributed by atoms with Gasteiger partial charge in [0.1, 0.15) is 17.2 Å². The summed E-state index contributed by atoms with van der Waals surface area (Å²) in [6.45, 7) is 8.44. The van der Waals surface area contributed by atoms with Gasteiger partial charge in [0.05, 0.1) is 7.11 Å². The monoisotopic (exact) mass is 270 g/mol. The number of methoxy groups -OCH3 is 1. The average Bonchev–Trinajstić information content (AvgIpc) is 2.43. The maximum Gasteiger partial charge on any atom is 0.133 e. The van der Waals surface area contributed by atoms with Gasteiger partial charge in [0.15, 0.2) is 0 Å². The van der Waals surface area contributed by atoms with Crippen LogP contribution in [0.1, 0.15) is 36.5 Å². The van der Waals surface area contributed by atoms with Gasteiger partial charge in [-0.2, -0.15) is 0 Å². The van der Waals surface area contributed by atoms with Gasteiger partial charge in [-0.3, -0.25) is 0 Å². The maximum absolute atomic E-state index is 6.07. The van der Waals surface area contributed by atoms with Crippen molar-refractivity contribution in [2.75, 3.05) is 7.11 Å². The van der Waals surface area contributed by atoms with E-state index in [1.807, 2.05) is 18.2 Å². The molecule has 2 rings (SSSR count). The zero-order valence-corrected chi connectivity index (χ0v) is 12.9. The minimum atomic E-state index is 0.395. The summed E-state index contributed by atoms with van der Waals surface area (Å²) in [4.78, 5) is 0. The molecule has 0 aromatic heterocycles. The van der Waals surface area contributed by atoms with Crippen LogP contribution in [0.4, 0.5) is 0 Å². The molecule has 0 N–H and O–H groups in total. The smallest absolute Gasteiger partial charge is 0.133 e. The van der Waals surface area contributed by atoms with Crippen LogP contribution in [-0.2, 0) is 0 Å². The fraction of sp³-hybridized carbons (Fsp3) is 0.333. The standard InChI is InChI=1S/C18H22O2/c1-12(2)16-11-15(9-10-17(16)19-5)20-18-13(3)7-6-8-14(18)4/h6-12H,1-5H3. The summed E-state index contributed by atoms with van der Waals surface area (Å²) >= 11 is 0. The molecule has 0 unspecified atom stereocenters. The Balaban J connectivity index is 2.37. The van der Waals surface area contributed by atoms with Crippen LogP contribution in [0.2, 0.25) is 0 Å². The summed E-state index contributed by atoms with van der Waals surface area (Å²) in [5.74, 6) is 3.10. The van der Waals surface area contributed by atoms with Crippen LogP contribution in [0.5, 0.6) is 17.2 Å². The van der Waals surface area contributed by atoms with Gasteiger partial charge in [0.2, 0.25) is 0 Å². The predicted molar refractivity (Wildman–Crippen MR) is 83.1 cm³/mol. The molecule has 0 amide bonds. The van der Waals surface area contributed by atoms with Gasteiger partial charge < -0.3 is 9.47 Å². The molecule has 106 valence electrons. The SMILES string of the molecule is COc1ccc(Oc2c(C)cccc2C)cc1C(C)C. The Bertz CT molecular complexity index is 580. The average molecular weight is 270 g/mol. The van der Waals surface area contributed by atoms with E-state index < -0.39 is 0 Å². The molecule has 0 aliphatic rings. The maximum atomic E-state index is 6.07. The van der Waals surface area contributed by atoms with Gasteiger partial charge in [0, 0.05) is 5.56 Å². The molecule has 0 radical (unpaired) electrons. The molecule has 2 nitrogen and oxygen atoms in total. The Hall–Kier alpha value is -1.96. The second-order valence-electron chi connectivity index (χ2n) is 5.38. The summed E-state index contributed by atoms with van der Waals surface area (Å²) in [7, 11) is 1.70. The van der Waals surface area contributed by atoms with E-state index in [2.05, 4.69) is 45.9 Å². The van der Waals surface area contributed by atoms with Crippen molar-refractivity contribution in [2.45, 2.75) is 33.6 Å². The van der Waals surface area contributed by atoms with Crippen LogP contribution in [0.3, 0.4) is 0 Å². The lowest BCUT2D eigenvalue weighted by Crippen LogP contribution is -1.96. The number of aryl methyl sites for hydroxylation is 2. The van der Waals surface area contributed by atoms with Gasteiger partial charge in [-0.15, -0.1) is 0 Å². The number of rotatable bonds is 4. The molecule has 2 aromatic rings. The molecule has 0 spiro atoms. The Labute approximate surface area is 121 Å². The molecule has 0 saturated heterocycles. The van der Waals surface area contributed by atoms with E-state index in [0.717, 1.165) is 33.9 Å². The minimum absolute atomic E-state index is 0.395. The third-order valence-electron chi connectivity index (χ3n) is 3.45. The van der Waals surface area contributed by atoms with Crippen molar-refractivity contribution < 1.29 is 9.47 Å². The van der Waals surface area contributed by atoms with Crippen LogP contribution in [0, 0.1) is 13.8 Å². The lowest BCUT2D eigenvalue weighted by molar-refractivity contribution is 0.405. The molecular weight excluding hydrogens is 248 g/mol. The van der Waals surface area contributed by atoms with E-state index in [9.17, 15) is 0 Å². The first kappa shape index (κ1) is 14.4. The van der Waals surface area contributed by atoms with Crippen molar-refractivity contribution in [3.8, 4) is 17.2 Å². The number of hydrogen-bond donors (Lipinski definition) is 0. The third-order valence-corrected chi connectivity index (χ3v) is 3.45. The van der Waals surface area contributed by atoms with E-state index in [1.54, 1.807) is 7.11 Å². The first-order valence-corrected chi connectivity index (χ1v) is 6.95. The summed E-state index contributed by atoms with van der Waals surface area (Å²) in [6, 6.07) is 12.2. The molecule has 2 heteroatoms. The van der Waals surface area contributed by atoms with Crippen molar-refractivity contribution >= 4 is 0 Å². The minimum Gasteiger partial charge on any atom is -0.496 e. The van der Waals surface area contributed by atoms with Crippen LogP contribution < -0.4 is 9.47 Å². The molecular formula is C18H22O2. The van der Waals surface area contributed by atoms with Gasteiger partial charge in [-0.25, -0.2) is 0 Å². The molecule has 2 aromatic carbocycles. The van der Waals surface area contributed by atoms with Crippen molar-refractivity contribution in [1.82, 2.24) is 0 Å². The summed E-state index contributed by atoms with van der Waals surface area (Å²) in [5, 5.41) is 0. The van der Waals surface area contributed by atoms with Gasteiger partial charge in [0.25, 0.3) is 0 Å². The largest absolute Gasteiger partial charge is 0.496 e. The van der Waals surface area contributed by atoms with Crippen LogP contribution >= 0.6 is 0 Å². The van der Waals surface area contributed by atoms with Crippen molar-refractivity contribution in [3.63, 3.8) is 0 Å². The molecule has 0 aliphatic heterocycles. The highest BCUT2D eigenvalue weighted by atomic mass is 16.5. The van der Waals surface area contributed by atoms with E-state index in [0.29, 0.717) is 5.92 Å². The summed E-state index contributed by atoms with van der Waals surface area (Å²) < 4.78 is 11.5. The third kappa shape index (κ3) is 2.96. The summed E-state index contributed by atoms with van der Waals surface area (Å²) in [6.07, 6.45) is 0. The molecule has 0 bridgehead atoms.